The molecule has 6 rings (SSSR count). The van der Waals surface area contributed by atoms with E-state index in [-0.39, 0.29) is 24.3 Å². The fourth-order valence-corrected chi connectivity index (χ4v) is 7.17. The number of ether oxygens (including phenoxy) is 1. The maximum Gasteiger partial charge on any atom is 0.253 e. The van der Waals surface area contributed by atoms with E-state index in [4.69, 9.17) is 4.74 Å². The van der Waals surface area contributed by atoms with Crippen molar-refractivity contribution in [1.29, 1.82) is 0 Å². The first-order valence-electron chi connectivity index (χ1n) is 13.9. The quantitative estimate of drug-likeness (QED) is 0.588. The van der Waals surface area contributed by atoms with Crippen molar-refractivity contribution in [3.05, 3.63) is 89.5 Å². The third-order valence-corrected chi connectivity index (χ3v) is 8.93. The fraction of sp³-hybridized carbons (Fsp3) is 0.406. The van der Waals surface area contributed by atoms with E-state index < -0.39 is 35.6 Å². The number of nitrogens with zero attached hydrogens (tertiary/aromatic N) is 3. The van der Waals surface area contributed by atoms with E-state index in [1.165, 1.54) is 4.90 Å². The maximum absolute atomic E-state index is 14.7. The zero-order valence-electron chi connectivity index (χ0n) is 23.1. The van der Waals surface area contributed by atoms with Gasteiger partial charge in [0, 0.05) is 25.8 Å². The Kier molecular flexibility index (Phi) is 6.63. The highest BCUT2D eigenvalue weighted by molar-refractivity contribution is 6.06. The smallest absolute Gasteiger partial charge is 0.253 e. The number of aliphatic hydroxyl groups is 1. The Morgan fingerprint density at radius 2 is 1.68 bits per heavy atom. The van der Waals surface area contributed by atoms with Crippen LogP contribution in [0.25, 0.3) is 0 Å². The molecular formula is C32H35N3O5. The number of aryl methyl sites for hydroxylation is 2. The number of carbonyl (C=O) groups excluding carboxylic acids is 3. The van der Waals surface area contributed by atoms with Gasteiger partial charge in [-0.15, -0.1) is 0 Å². The van der Waals surface area contributed by atoms with Crippen molar-refractivity contribution in [2.24, 2.45) is 11.8 Å². The van der Waals surface area contributed by atoms with Gasteiger partial charge in [-0.2, -0.15) is 0 Å². The summed E-state index contributed by atoms with van der Waals surface area (Å²) >= 11 is 0. The van der Waals surface area contributed by atoms with Gasteiger partial charge in [-0.3, -0.25) is 14.4 Å². The number of benzene rings is 2. The standard InChI is InChI=1S/C32H35N3O5/c1-20-10-7-11-21(2)27(20)34-17-9-15-32-26(25-24(40-32)14-8-16-33(3)29(25)37)30(38)35(28(32)31(34)39)23(19-36)18-22-12-5-4-6-13-22/h4-15,23-26,28,36H,16-19H2,1-3H3/t23-,24-,25+,26+,28?,32+/m1/s1. The number of fused-ring (bicyclic) bond motifs is 2. The Morgan fingerprint density at radius 1 is 0.950 bits per heavy atom. The number of likely N-dealkylation sites (N-methyl/N-ethyl adjacent to an activating group) is 1. The minimum Gasteiger partial charge on any atom is -0.394 e. The van der Waals surface area contributed by atoms with E-state index in [1.807, 2.05) is 86.7 Å². The van der Waals surface area contributed by atoms with Crippen LogP contribution in [0.2, 0.25) is 0 Å². The summed E-state index contributed by atoms with van der Waals surface area (Å²) < 4.78 is 6.71. The summed E-state index contributed by atoms with van der Waals surface area (Å²) in [6.45, 7) is 4.34. The second kappa shape index (κ2) is 10.0. The number of aliphatic hydroxyl groups excluding tert-OH is 1. The third-order valence-electron chi connectivity index (χ3n) is 8.93. The molecule has 4 aliphatic heterocycles. The van der Waals surface area contributed by atoms with Crippen molar-refractivity contribution in [1.82, 2.24) is 9.80 Å². The largest absolute Gasteiger partial charge is 0.394 e. The molecule has 6 atom stereocenters. The van der Waals surface area contributed by atoms with Crippen LogP contribution in [0.3, 0.4) is 0 Å². The minimum atomic E-state index is -1.34. The van der Waals surface area contributed by atoms with Gasteiger partial charge < -0.3 is 24.5 Å². The van der Waals surface area contributed by atoms with Crippen molar-refractivity contribution in [3.63, 3.8) is 0 Å². The molecule has 2 fully saturated rings. The van der Waals surface area contributed by atoms with Crippen LogP contribution in [0.4, 0.5) is 5.69 Å². The molecule has 0 aromatic heterocycles. The molecular weight excluding hydrogens is 506 g/mol. The molecule has 2 aromatic carbocycles. The first-order chi connectivity index (χ1) is 19.3. The lowest BCUT2D eigenvalue weighted by Crippen LogP contribution is -2.58. The summed E-state index contributed by atoms with van der Waals surface area (Å²) in [4.78, 5) is 47.8. The summed E-state index contributed by atoms with van der Waals surface area (Å²) in [5.74, 6) is -2.42. The predicted octanol–water partition coefficient (Wildman–Crippen LogP) is 2.42. The van der Waals surface area contributed by atoms with Gasteiger partial charge in [0.2, 0.25) is 11.8 Å². The second-order valence-corrected chi connectivity index (χ2v) is 11.4. The van der Waals surface area contributed by atoms with E-state index >= 15 is 0 Å². The van der Waals surface area contributed by atoms with Crippen LogP contribution in [0.15, 0.2) is 72.8 Å². The number of likely N-dealkylation sites (tertiary alicyclic amines) is 1. The second-order valence-electron chi connectivity index (χ2n) is 11.4. The first-order valence-corrected chi connectivity index (χ1v) is 13.9. The lowest BCUT2D eigenvalue weighted by Gasteiger charge is -2.39. The number of anilines is 1. The number of amides is 3. The molecule has 2 saturated heterocycles. The molecule has 0 radical (unpaired) electrons. The van der Waals surface area contributed by atoms with E-state index in [0.717, 1.165) is 22.4 Å². The van der Waals surface area contributed by atoms with Crippen LogP contribution in [0.5, 0.6) is 0 Å². The van der Waals surface area contributed by atoms with Gasteiger partial charge in [0.05, 0.1) is 30.6 Å². The first kappa shape index (κ1) is 26.5. The molecule has 4 aliphatic rings. The van der Waals surface area contributed by atoms with Gasteiger partial charge in [-0.05, 0) is 37.0 Å². The van der Waals surface area contributed by atoms with Gasteiger partial charge in [-0.1, -0.05) is 72.8 Å². The number of para-hydroxylation sites is 1. The summed E-state index contributed by atoms with van der Waals surface area (Å²) in [6, 6.07) is 13.8. The van der Waals surface area contributed by atoms with Crippen LogP contribution in [-0.2, 0) is 25.5 Å². The average molecular weight is 542 g/mol. The molecule has 208 valence electrons. The summed E-state index contributed by atoms with van der Waals surface area (Å²) in [5.41, 5.74) is 2.31. The predicted molar refractivity (Wildman–Crippen MR) is 150 cm³/mol. The van der Waals surface area contributed by atoms with Gasteiger partial charge in [-0.25, -0.2) is 0 Å². The molecule has 0 bridgehead atoms. The minimum absolute atomic E-state index is 0.175. The monoisotopic (exact) mass is 541 g/mol. The molecule has 1 N–H and O–H groups in total. The Morgan fingerprint density at radius 3 is 2.38 bits per heavy atom. The van der Waals surface area contributed by atoms with Crippen LogP contribution in [-0.4, -0.2) is 83.2 Å². The molecule has 4 heterocycles. The van der Waals surface area contributed by atoms with Crippen molar-refractivity contribution in [2.75, 3.05) is 31.6 Å². The third kappa shape index (κ3) is 3.92. The summed E-state index contributed by atoms with van der Waals surface area (Å²) in [5, 5.41) is 10.7. The fourth-order valence-electron chi connectivity index (χ4n) is 7.17. The summed E-state index contributed by atoms with van der Waals surface area (Å²) in [7, 11) is 1.72. The zero-order chi connectivity index (χ0) is 28.2. The number of hydrogen-bond donors (Lipinski definition) is 1. The average Bonchev–Trinajstić information content (AvgIpc) is 3.28. The van der Waals surface area contributed by atoms with Crippen molar-refractivity contribution in [3.8, 4) is 0 Å². The normalized spacial score (nSPS) is 30.2. The molecule has 0 saturated carbocycles. The molecule has 1 spiro atoms. The lowest BCUT2D eigenvalue weighted by atomic mass is 9.77. The van der Waals surface area contributed by atoms with E-state index in [0.29, 0.717) is 19.5 Å². The van der Waals surface area contributed by atoms with Crippen LogP contribution < -0.4 is 4.90 Å². The Labute approximate surface area is 234 Å². The highest BCUT2D eigenvalue weighted by atomic mass is 16.5. The molecule has 40 heavy (non-hydrogen) atoms. The van der Waals surface area contributed by atoms with E-state index in [1.54, 1.807) is 16.8 Å². The van der Waals surface area contributed by atoms with Gasteiger partial charge in [0.25, 0.3) is 5.91 Å². The molecule has 2 aromatic rings. The topological polar surface area (TPSA) is 90.4 Å². The Bertz CT molecular complexity index is 1380. The van der Waals surface area contributed by atoms with Crippen molar-refractivity contribution >= 4 is 23.4 Å². The maximum atomic E-state index is 14.7. The van der Waals surface area contributed by atoms with Gasteiger partial charge >= 0.3 is 0 Å². The van der Waals surface area contributed by atoms with Crippen LogP contribution >= 0.6 is 0 Å². The summed E-state index contributed by atoms with van der Waals surface area (Å²) in [6.07, 6.45) is 7.22. The molecule has 0 aliphatic carbocycles. The number of carbonyl (C=O) groups is 3. The van der Waals surface area contributed by atoms with E-state index in [2.05, 4.69) is 0 Å². The zero-order valence-corrected chi connectivity index (χ0v) is 23.1. The molecule has 3 amide bonds. The Balaban J connectivity index is 1.50. The highest BCUT2D eigenvalue weighted by Crippen LogP contribution is 2.54. The molecule has 8 nitrogen and oxygen atoms in total. The van der Waals surface area contributed by atoms with Crippen molar-refractivity contribution in [2.45, 2.75) is 44.1 Å². The van der Waals surface area contributed by atoms with Gasteiger partial charge in [0.1, 0.15) is 11.6 Å². The van der Waals surface area contributed by atoms with Crippen molar-refractivity contribution < 1.29 is 24.2 Å². The number of rotatable bonds is 5. The highest BCUT2D eigenvalue weighted by Gasteiger charge is 2.72. The Hall–Kier alpha value is -3.75. The van der Waals surface area contributed by atoms with Crippen LogP contribution in [0, 0.1) is 25.7 Å². The number of hydrogen-bond acceptors (Lipinski definition) is 5. The molecule has 8 heteroatoms. The van der Waals surface area contributed by atoms with Crippen LogP contribution in [0.1, 0.15) is 16.7 Å². The van der Waals surface area contributed by atoms with Gasteiger partial charge in [0.15, 0.2) is 0 Å². The SMILES string of the molecule is Cc1cccc(C)c1N1CC=C[C@]23O[C@@H]4C=CCN(C)C(=O)[C@@H]4[C@H]2C(=O)N([C@@H](CO)Cc2ccccc2)C3C1=O. The lowest BCUT2D eigenvalue weighted by molar-refractivity contribution is -0.146. The molecule has 1 unspecified atom stereocenters. The van der Waals surface area contributed by atoms with E-state index in [9.17, 15) is 19.5 Å².